The minimum atomic E-state index is -0.431. The van der Waals surface area contributed by atoms with Crippen molar-refractivity contribution in [3.8, 4) is 0 Å². The number of furan rings is 1. The number of non-ortho nitro benzene ring substituents is 1. The molecule has 1 amide bonds. The molecule has 2 aromatic heterocycles. The van der Waals surface area contributed by atoms with Gasteiger partial charge in [-0.2, -0.15) is 0 Å². The second-order valence-electron chi connectivity index (χ2n) is 5.37. The summed E-state index contributed by atoms with van der Waals surface area (Å²) in [6, 6.07) is 8.03. The number of nitrogens with zero attached hydrogens (tertiary/aromatic N) is 3. The number of amides is 1. The van der Waals surface area contributed by atoms with Crippen molar-refractivity contribution in [3.05, 3.63) is 63.1 Å². The predicted molar refractivity (Wildman–Crippen MR) is 98.7 cm³/mol. The first kappa shape index (κ1) is 18.1. The zero-order chi connectivity index (χ0) is 18.7. The number of anilines is 1. The maximum atomic E-state index is 12.2. The molecule has 0 saturated heterocycles. The number of carbonyl (C=O) groups is 1. The molecule has 0 aliphatic carbocycles. The van der Waals surface area contributed by atoms with Crippen molar-refractivity contribution < 1.29 is 14.1 Å². The molecule has 0 saturated carbocycles. The Morgan fingerprint density at radius 3 is 2.65 bits per heavy atom. The first-order valence-corrected chi connectivity index (χ1v) is 9.30. The van der Waals surface area contributed by atoms with Gasteiger partial charge in [-0.1, -0.05) is 35.2 Å². The number of thioether (sulfide) groups is 1. The van der Waals surface area contributed by atoms with E-state index >= 15 is 0 Å². The van der Waals surface area contributed by atoms with Gasteiger partial charge < -0.3 is 4.42 Å². The smallest absolute Gasteiger partial charge is 0.269 e. The van der Waals surface area contributed by atoms with E-state index in [0.29, 0.717) is 32.3 Å². The van der Waals surface area contributed by atoms with E-state index in [1.165, 1.54) is 35.2 Å². The van der Waals surface area contributed by atoms with Crippen LogP contribution < -0.4 is 5.32 Å². The van der Waals surface area contributed by atoms with Crippen LogP contribution in [0.25, 0.3) is 0 Å². The summed E-state index contributed by atoms with van der Waals surface area (Å²) in [5.74, 6) is 1.53. The molecular formula is C16H14N4O4S2. The molecule has 0 bridgehead atoms. The van der Waals surface area contributed by atoms with Crippen molar-refractivity contribution in [2.45, 2.75) is 23.9 Å². The van der Waals surface area contributed by atoms with Crippen LogP contribution in [0.2, 0.25) is 0 Å². The number of rotatable bonds is 6. The fourth-order valence-corrected chi connectivity index (χ4v) is 3.90. The third-order valence-corrected chi connectivity index (χ3v) is 5.47. The molecule has 2 heterocycles. The molecule has 0 aliphatic rings. The summed E-state index contributed by atoms with van der Waals surface area (Å²) in [7, 11) is 0. The van der Waals surface area contributed by atoms with Crippen LogP contribution >= 0.6 is 23.1 Å². The average molecular weight is 390 g/mol. The van der Waals surface area contributed by atoms with Crippen LogP contribution in [-0.2, 0) is 5.75 Å². The van der Waals surface area contributed by atoms with Crippen LogP contribution in [-0.4, -0.2) is 21.0 Å². The minimum Gasteiger partial charge on any atom is -0.466 e. The molecule has 1 aromatic carbocycles. The third kappa shape index (κ3) is 4.27. The molecule has 10 heteroatoms. The predicted octanol–water partition coefficient (Wildman–Crippen LogP) is 4.20. The average Bonchev–Trinajstić information content (AvgIpc) is 3.19. The Morgan fingerprint density at radius 1 is 1.31 bits per heavy atom. The minimum absolute atomic E-state index is 0.0597. The van der Waals surface area contributed by atoms with Crippen molar-refractivity contribution in [2.24, 2.45) is 0 Å². The van der Waals surface area contributed by atoms with Gasteiger partial charge >= 0.3 is 0 Å². The highest BCUT2D eigenvalue weighted by atomic mass is 32.2. The molecule has 3 aromatic rings. The van der Waals surface area contributed by atoms with Crippen molar-refractivity contribution in [1.29, 1.82) is 0 Å². The van der Waals surface area contributed by atoms with Crippen molar-refractivity contribution in [1.82, 2.24) is 10.2 Å². The summed E-state index contributed by atoms with van der Waals surface area (Å²) in [5.41, 5.74) is 1.47. The van der Waals surface area contributed by atoms with E-state index in [0.717, 1.165) is 5.56 Å². The number of carbonyl (C=O) groups excluding carboxylic acids is 1. The van der Waals surface area contributed by atoms with Gasteiger partial charge in [0, 0.05) is 17.9 Å². The quantitative estimate of drug-likeness (QED) is 0.290. The van der Waals surface area contributed by atoms with Crippen LogP contribution in [0.1, 0.15) is 27.4 Å². The van der Waals surface area contributed by atoms with Crippen LogP contribution in [0.5, 0.6) is 0 Å². The SMILES string of the molecule is Cc1cc(C(=O)Nc2nnc(SCc3ccc([N+](=O)[O-])cc3)s2)c(C)o1. The maximum absolute atomic E-state index is 12.2. The third-order valence-electron chi connectivity index (χ3n) is 3.42. The van der Waals surface area contributed by atoms with Gasteiger partial charge in [0.1, 0.15) is 11.5 Å². The number of benzene rings is 1. The fraction of sp³-hybridized carbons (Fsp3) is 0.188. The van der Waals surface area contributed by atoms with Crippen LogP contribution in [0.3, 0.4) is 0 Å². The fourth-order valence-electron chi connectivity index (χ4n) is 2.20. The van der Waals surface area contributed by atoms with E-state index in [-0.39, 0.29) is 11.6 Å². The summed E-state index contributed by atoms with van der Waals surface area (Å²) in [6.45, 7) is 3.51. The molecular weight excluding hydrogens is 376 g/mol. The molecule has 26 heavy (non-hydrogen) atoms. The van der Waals surface area contributed by atoms with Gasteiger partial charge in [-0.25, -0.2) is 0 Å². The Hall–Kier alpha value is -2.72. The van der Waals surface area contributed by atoms with E-state index in [2.05, 4.69) is 15.5 Å². The van der Waals surface area contributed by atoms with Gasteiger partial charge in [-0.05, 0) is 25.5 Å². The summed E-state index contributed by atoms with van der Waals surface area (Å²) >= 11 is 2.71. The van der Waals surface area contributed by atoms with E-state index in [9.17, 15) is 14.9 Å². The lowest BCUT2D eigenvalue weighted by Crippen LogP contribution is -2.11. The highest BCUT2D eigenvalue weighted by molar-refractivity contribution is 8.00. The Morgan fingerprint density at radius 2 is 2.04 bits per heavy atom. The zero-order valence-corrected chi connectivity index (χ0v) is 15.5. The maximum Gasteiger partial charge on any atom is 0.269 e. The Bertz CT molecular complexity index is 950. The van der Waals surface area contributed by atoms with Crippen molar-refractivity contribution in [2.75, 3.05) is 5.32 Å². The monoisotopic (exact) mass is 390 g/mol. The van der Waals surface area contributed by atoms with Crippen LogP contribution in [0.4, 0.5) is 10.8 Å². The normalized spacial score (nSPS) is 10.7. The second-order valence-corrected chi connectivity index (χ2v) is 7.57. The number of nitrogens with one attached hydrogen (secondary N) is 1. The standard InChI is InChI=1S/C16H14N4O4S2/c1-9-7-13(10(2)24-9)14(21)17-15-18-19-16(26-15)25-8-11-3-5-12(6-4-11)20(22)23/h3-7H,8H2,1-2H3,(H,17,18,21). The lowest BCUT2D eigenvalue weighted by Gasteiger charge is -1.99. The molecule has 0 radical (unpaired) electrons. The van der Waals surface area contributed by atoms with Gasteiger partial charge in [0.15, 0.2) is 4.34 Å². The van der Waals surface area contributed by atoms with Gasteiger partial charge in [-0.3, -0.25) is 20.2 Å². The second kappa shape index (κ2) is 7.67. The van der Waals surface area contributed by atoms with Crippen molar-refractivity contribution >= 4 is 39.8 Å². The van der Waals surface area contributed by atoms with Gasteiger partial charge in [0.05, 0.1) is 10.5 Å². The molecule has 0 spiro atoms. The molecule has 1 N–H and O–H groups in total. The highest BCUT2D eigenvalue weighted by Gasteiger charge is 2.16. The zero-order valence-electron chi connectivity index (χ0n) is 13.9. The van der Waals surface area contributed by atoms with E-state index < -0.39 is 4.92 Å². The number of aromatic nitrogens is 2. The molecule has 3 rings (SSSR count). The number of nitro groups is 1. The lowest BCUT2D eigenvalue weighted by molar-refractivity contribution is -0.384. The van der Waals surface area contributed by atoms with Crippen LogP contribution in [0.15, 0.2) is 39.1 Å². The Balaban J connectivity index is 1.58. The van der Waals surface area contributed by atoms with E-state index in [1.807, 2.05) is 0 Å². The summed E-state index contributed by atoms with van der Waals surface area (Å²) in [6.07, 6.45) is 0. The molecule has 0 fully saturated rings. The number of hydrogen-bond donors (Lipinski definition) is 1. The van der Waals surface area contributed by atoms with Gasteiger partial charge in [0.25, 0.3) is 11.6 Å². The Kier molecular flexibility index (Phi) is 5.33. The molecule has 0 unspecified atom stereocenters. The first-order valence-electron chi connectivity index (χ1n) is 7.50. The van der Waals surface area contributed by atoms with Gasteiger partial charge in [-0.15, -0.1) is 10.2 Å². The van der Waals surface area contributed by atoms with Gasteiger partial charge in [0.2, 0.25) is 5.13 Å². The molecule has 0 atom stereocenters. The number of nitro benzene ring substituents is 1. The van der Waals surface area contributed by atoms with Crippen molar-refractivity contribution in [3.63, 3.8) is 0 Å². The molecule has 8 nitrogen and oxygen atoms in total. The highest BCUT2D eigenvalue weighted by Crippen LogP contribution is 2.29. The number of hydrogen-bond acceptors (Lipinski definition) is 8. The van der Waals surface area contributed by atoms with Crippen LogP contribution in [0, 0.1) is 24.0 Å². The van der Waals surface area contributed by atoms with E-state index in [4.69, 9.17) is 4.42 Å². The summed E-state index contributed by atoms with van der Waals surface area (Å²) in [5, 5.41) is 21.8. The van der Waals surface area contributed by atoms with E-state index in [1.54, 1.807) is 32.0 Å². The molecule has 0 aliphatic heterocycles. The summed E-state index contributed by atoms with van der Waals surface area (Å²) in [4.78, 5) is 22.4. The lowest BCUT2D eigenvalue weighted by atomic mass is 10.2. The summed E-state index contributed by atoms with van der Waals surface area (Å²) < 4.78 is 6.04. The number of aryl methyl sites for hydroxylation is 2. The topological polar surface area (TPSA) is 111 Å². The first-order chi connectivity index (χ1) is 12.4. The largest absolute Gasteiger partial charge is 0.466 e. The Labute approximate surface area is 156 Å². The molecule has 134 valence electrons.